The van der Waals surface area contributed by atoms with Crippen molar-refractivity contribution in [1.29, 1.82) is 0 Å². The van der Waals surface area contributed by atoms with Gasteiger partial charge < -0.3 is 0 Å². The molecule has 18 heavy (non-hydrogen) atoms. The summed E-state index contributed by atoms with van der Waals surface area (Å²) in [7, 11) is -3.05. The van der Waals surface area contributed by atoms with Gasteiger partial charge in [-0.1, -0.05) is 60.7 Å². The van der Waals surface area contributed by atoms with Crippen LogP contribution in [0.1, 0.15) is 17.0 Å². The summed E-state index contributed by atoms with van der Waals surface area (Å²) in [5.74, 6) is -0.0202. The first kappa shape index (κ1) is 13.0. The summed E-state index contributed by atoms with van der Waals surface area (Å²) in [5.41, 5.74) is 13.3. The number of hydrogen-bond acceptors (Lipinski definition) is 1. The van der Waals surface area contributed by atoms with Crippen molar-refractivity contribution in [3.05, 3.63) is 71.8 Å². The normalized spacial score (nSPS) is 11.7. The summed E-state index contributed by atoms with van der Waals surface area (Å²) in [6.45, 7) is 0. The van der Waals surface area contributed by atoms with Gasteiger partial charge in [0.1, 0.15) is 0 Å². The van der Waals surface area contributed by atoms with Crippen LogP contribution in [0.3, 0.4) is 0 Å². The second-order valence-electron chi connectivity index (χ2n) is 4.41. The fourth-order valence-electron chi connectivity index (χ4n) is 2.06. The highest BCUT2D eigenvalue weighted by molar-refractivity contribution is 7.59. The number of benzene rings is 2. The van der Waals surface area contributed by atoms with E-state index in [1.165, 1.54) is 0 Å². The van der Waals surface area contributed by atoms with E-state index < -0.39 is 7.44 Å². The standard InChI is InChI=1S/C14H17N2OP/c15-18(16,17)11-14(12-7-3-1-4-8-12)13-9-5-2-6-10-13/h1-10,14H,11H2,(H4,15,16,17). The smallest absolute Gasteiger partial charge is 0.207 e. The van der Waals surface area contributed by atoms with Crippen LogP contribution in [0, 0.1) is 0 Å². The molecule has 0 saturated carbocycles. The van der Waals surface area contributed by atoms with E-state index in [4.69, 9.17) is 11.0 Å². The number of nitrogens with two attached hydrogens (primary N) is 2. The molecule has 0 aliphatic heterocycles. The highest BCUT2D eigenvalue weighted by Crippen LogP contribution is 2.37. The van der Waals surface area contributed by atoms with Crippen molar-refractivity contribution in [2.75, 3.05) is 6.16 Å². The van der Waals surface area contributed by atoms with Gasteiger partial charge in [0.2, 0.25) is 7.44 Å². The van der Waals surface area contributed by atoms with Crippen LogP contribution >= 0.6 is 7.44 Å². The molecular formula is C14H17N2OP. The van der Waals surface area contributed by atoms with Gasteiger partial charge in [0, 0.05) is 12.1 Å². The zero-order valence-corrected chi connectivity index (χ0v) is 11.0. The van der Waals surface area contributed by atoms with Crippen molar-refractivity contribution >= 4 is 7.44 Å². The first-order chi connectivity index (χ1) is 8.56. The maximum atomic E-state index is 11.7. The van der Waals surface area contributed by atoms with Crippen molar-refractivity contribution in [3.63, 3.8) is 0 Å². The Hall–Kier alpha value is -1.41. The van der Waals surface area contributed by atoms with Crippen LogP contribution in [0.4, 0.5) is 0 Å². The molecule has 2 rings (SSSR count). The minimum Gasteiger partial charge on any atom is -0.290 e. The second-order valence-corrected chi connectivity index (χ2v) is 6.48. The van der Waals surface area contributed by atoms with Crippen molar-refractivity contribution in [3.8, 4) is 0 Å². The van der Waals surface area contributed by atoms with Crippen LogP contribution in [-0.2, 0) is 4.57 Å². The van der Waals surface area contributed by atoms with Gasteiger partial charge in [-0.05, 0) is 11.1 Å². The van der Waals surface area contributed by atoms with E-state index in [0.717, 1.165) is 11.1 Å². The highest BCUT2D eigenvalue weighted by atomic mass is 31.2. The summed E-state index contributed by atoms with van der Waals surface area (Å²) >= 11 is 0. The van der Waals surface area contributed by atoms with Gasteiger partial charge in [0.15, 0.2) is 0 Å². The van der Waals surface area contributed by atoms with Crippen LogP contribution in [0.2, 0.25) is 0 Å². The lowest BCUT2D eigenvalue weighted by Crippen LogP contribution is -2.16. The summed E-state index contributed by atoms with van der Waals surface area (Å²) in [6.07, 6.45) is 0.279. The lowest BCUT2D eigenvalue weighted by Gasteiger charge is -2.19. The molecule has 0 aliphatic rings. The summed E-state index contributed by atoms with van der Waals surface area (Å²) in [6, 6.07) is 19.8. The fraction of sp³-hybridized carbons (Fsp3) is 0.143. The van der Waals surface area contributed by atoms with Crippen LogP contribution in [0.25, 0.3) is 0 Å². The van der Waals surface area contributed by atoms with Gasteiger partial charge in [0.25, 0.3) is 0 Å². The Morgan fingerprint density at radius 3 is 1.56 bits per heavy atom. The molecule has 0 spiro atoms. The van der Waals surface area contributed by atoms with Crippen LogP contribution in [0.15, 0.2) is 60.7 Å². The van der Waals surface area contributed by atoms with Crippen molar-refractivity contribution in [1.82, 2.24) is 0 Å². The second kappa shape index (κ2) is 5.49. The zero-order valence-electron chi connectivity index (χ0n) is 10.1. The van der Waals surface area contributed by atoms with Crippen LogP contribution in [-0.4, -0.2) is 6.16 Å². The SMILES string of the molecule is NP(N)(=O)CC(c1ccccc1)c1ccccc1. The topological polar surface area (TPSA) is 69.1 Å². The molecule has 4 N–H and O–H groups in total. The molecule has 0 amide bonds. The van der Waals surface area contributed by atoms with Crippen LogP contribution in [0.5, 0.6) is 0 Å². The molecule has 2 aromatic carbocycles. The quantitative estimate of drug-likeness (QED) is 0.830. The molecule has 94 valence electrons. The first-order valence-electron chi connectivity index (χ1n) is 5.82. The monoisotopic (exact) mass is 260 g/mol. The Bertz CT molecular complexity index is 497. The minimum atomic E-state index is -3.05. The van der Waals surface area contributed by atoms with E-state index in [0.29, 0.717) is 0 Å². The molecule has 0 fully saturated rings. The largest absolute Gasteiger partial charge is 0.290 e. The van der Waals surface area contributed by atoms with Gasteiger partial charge in [-0.3, -0.25) is 15.6 Å². The third-order valence-electron chi connectivity index (χ3n) is 2.87. The predicted molar refractivity (Wildman–Crippen MR) is 75.6 cm³/mol. The maximum Gasteiger partial charge on any atom is 0.207 e. The molecule has 4 heteroatoms. The van der Waals surface area contributed by atoms with E-state index in [2.05, 4.69) is 0 Å². The first-order valence-corrected chi connectivity index (χ1v) is 7.85. The lowest BCUT2D eigenvalue weighted by atomic mass is 9.93. The van der Waals surface area contributed by atoms with Gasteiger partial charge in [-0.2, -0.15) is 0 Å². The summed E-state index contributed by atoms with van der Waals surface area (Å²) in [5, 5.41) is 0. The average Bonchev–Trinajstić information content (AvgIpc) is 2.37. The third kappa shape index (κ3) is 3.54. The van der Waals surface area contributed by atoms with E-state index in [9.17, 15) is 4.57 Å². The van der Waals surface area contributed by atoms with E-state index in [1.54, 1.807) is 0 Å². The van der Waals surface area contributed by atoms with E-state index >= 15 is 0 Å². The Labute approximate surface area is 107 Å². The summed E-state index contributed by atoms with van der Waals surface area (Å²) < 4.78 is 11.7. The van der Waals surface area contributed by atoms with Crippen LogP contribution < -0.4 is 11.0 Å². The molecule has 0 saturated heterocycles. The fourth-order valence-corrected chi connectivity index (χ4v) is 3.05. The molecule has 0 aromatic heterocycles. The molecule has 0 bridgehead atoms. The Morgan fingerprint density at radius 1 is 0.833 bits per heavy atom. The van der Waals surface area contributed by atoms with Gasteiger partial charge >= 0.3 is 0 Å². The Morgan fingerprint density at radius 2 is 1.22 bits per heavy atom. The average molecular weight is 260 g/mol. The molecule has 0 aliphatic carbocycles. The zero-order chi connectivity index (χ0) is 13.0. The molecule has 2 aromatic rings. The number of rotatable bonds is 4. The molecule has 0 radical (unpaired) electrons. The van der Waals surface area contributed by atoms with Gasteiger partial charge in [-0.25, -0.2) is 0 Å². The highest BCUT2D eigenvalue weighted by Gasteiger charge is 2.21. The third-order valence-corrected chi connectivity index (χ3v) is 3.81. The minimum absolute atomic E-state index is 0.0202. The Balaban J connectivity index is 2.39. The molecule has 0 heterocycles. The molecule has 3 nitrogen and oxygen atoms in total. The van der Waals surface area contributed by atoms with Crippen molar-refractivity contribution in [2.45, 2.75) is 5.92 Å². The predicted octanol–water partition coefficient (Wildman–Crippen LogP) is 2.93. The molecular weight excluding hydrogens is 243 g/mol. The van der Waals surface area contributed by atoms with Gasteiger partial charge in [0.05, 0.1) is 0 Å². The maximum absolute atomic E-state index is 11.7. The van der Waals surface area contributed by atoms with Crippen molar-refractivity contribution < 1.29 is 4.57 Å². The molecule has 0 atom stereocenters. The molecule has 0 unspecified atom stereocenters. The lowest BCUT2D eigenvalue weighted by molar-refractivity contribution is 0.574. The summed E-state index contributed by atoms with van der Waals surface area (Å²) in [4.78, 5) is 0. The van der Waals surface area contributed by atoms with Gasteiger partial charge in [-0.15, -0.1) is 0 Å². The van der Waals surface area contributed by atoms with E-state index in [1.807, 2.05) is 60.7 Å². The van der Waals surface area contributed by atoms with Crippen molar-refractivity contribution in [2.24, 2.45) is 11.0 Å². The Kier molecular flexibility index (Phi) is 3.97. The number of hydrogen-bond donors (Lipinski definition) is 2. The van der Waals surface area contributed by atoms with E-state index in [-0.39, 0.29) is 12.1 Å².